The van der Waals surface area contributed by atoms with Crippen LogP contribution in [0.4, 0.5) is 4.79 Å². The molecule has 23 heavy (non-hydrogen) atoms. The van der Waals surface area contributed by atoms with Crippen LogP contribution in [0.3, 0.4) is 0 Å². The highest BCUT2D eigenvalue weighted by molar-refractivity contribution is 5.69. The highest BCUT2D eigenvalue weighted by Crippen LogP contribution is 2.30. The summed E-state index contributed by atoms with van der Waals surface area (Å²) in [5.74, 6) is 0.828. The predicted octanol–water partition coefficient (Wildman–Crippen LogP) is 3.83. The number of amides is 1. The van der Waals surface area contributed by atoms with Crippen LogP contribution in [-0.4, -0.2) is 41.6 Å². The average Bonchev–Trinajstić information content (AvgIpc) is 2.73. The lowest BCUT2D eigenvalue weighted by Crippen LogP contribution is -2.50. The van der Waals surface area contributed by atoms with Crippen LogP contribution in [0.15, 0.2) is 30.3 Å². The second kappa shape index (κ2) is 6.79. The van der Waals surface area contributed by atoms with Gasteiger partial charge in [-0.3, -0.25) is 4.90 Å². The van der Waals surface area contributed by atoms with Gasteiger partial charge >= 0.3 is 6.09 Å². The van der Waals surface area contributed by atoms with Gasteiger partial charge in [0.2, 0.25) is 0 Å². The topological polar surface area (TPSA) is 48.0 Å². The summed E-state index contributed by atoms with van der Waals surface area (Å²) in [5, 5.41) is 0. The van der Waals surface area contributed by atoms with Gasteiger partial charge in [-0.1, -0.05) is 18.2 Å². The van der Waals surface area contributed by atoms with Crippen LogP contribution in [0, 0.1) is 0 Å². The monoisotopic (exact) mass is 321 g/mol. The molecule has 0 spiro atoms. The molecule has 1 amide bonds. The number of hydrogen-bond acceptors (Lipinski definition) is 4. The number of carbonyl (C=O) groups excluding carboxylic acids is 1. The number of nitrogens with zero attached hydrogens (tertiary/aromatic N) is 1. The van der Waals surface area contributed by atoms with Crippen molar-refractivity contribution in [2.75, 3.05) is 13.2 Å². The van der Waals surface area contributed by atoms with Crippen molar-refractivity contribution in [2.24, 2.45) is 0 Å². The number of benzene rings is 1. The minimum absolute atomic E-state index is 0.0523. The van der Waals surface area contributed by atoms with Crippen molar-refractivity contribution >= 4 is 6.09 Å². The maximum atomic E-state index is 12.5. The number of para-hydroxylation sites is 1. The van der Waals surface area contributed by atoms with Gasteiger partial charge < -0.3 is 14.2 Å². The Morgan fingerprint density at radius 1 is 1.30 bits per heavy atom. The molecule has 1 saturated heterocycles. The predicted molar refractivity (Wildman–Crippen MR) is 88.4 cm³/mol. The molecule has 0 N–H and O–H groups in total. The Bertz CT molecular complexity index is 522. The van der Waals surface area contributed by atoms with Crippen molar-refractivity contribution in [3.8, 4) is 5.75 Å². The molecule has 1 aromatic carbocycles. The zero-order valence-corrected chi connectivity index (χ0v) is 14.7. The minimum Gasteiger partial charge on any atom is -0.494 e. The molecule has 1 heterocycles. The summed E-state index contributed by atoms with van der Waals surface area (Å²) in [4.78, 5) is 14.2. The van der Waals surface area contributed by atoms with Crippen molar-refractivity contribution in [1.82, 2.24) is 4.90 Å². The third kappa shape index (κ3) is 4.86. The molecule has 2 rings (SSSR count). The van der Waals surface area contributed by atoms with E-state index in [4.69, 9.17) is 14.2 Å². The SMILES string of the molecule is CC(C)(C)OC(=O)N1C(CCOc2ccccc2)COC1(C)C. The van der Waals surface area contributed by atoms with Gasteiger partial charge in [0.25, 0.3) is 0 Å². The lowest BCUT2D eigenvalue weighted by Gasteiger charge is -2.35. The summed E-state index contributed by atoms with van der Waals surface area (Å²) in [7, 11) is 0. The van der Waals surface area contributed by atoms with E-state index in [2.05, 4.69) is 0 Å². The van der Waals surface area contributed by atoms with Gasteiger partial charge in [0.05, 0.1) is 19.3 Å². The fourth-order valence-electron chi connectivity index (χ4n) is 2.61. The lowest BCUT2D eigenvalue weighted by molar-refractivity contribution is -0.0629. The normalized spacial score (nSPS) is 20.4. The van der Waals surface area contributed by atoms with E-state index in [1.807, 2.05) is 65.0 Å². The molecular formula is C18H27NO4. The Balaban J connectivity index is 1.95. The third-order valence-corrected chi connectivity index (χ3v) is 3.63. The fraction of sp³-hybridized carbons (Fsp3) is 0.611. The summed E-state index contributed by atoms with van der Waals surface area (Å²) < 4.78 is 17.0. The van der Waals surface area contributed by atoms with Crippen molar-refractivity contribution < 1.29 is 19.0 Å². The van der Waals surface area contributed by atoms with Crippen molar-refractivity contribution in [3.05, 3.63) is 30.3 Å². The number of hydrogen-bond donors (Lipinski definition) is 0. The molecule has 0 bridgehead atoms. The van der Waals surface area contributed by atoms with E-state index in [0.29, 0.717) is 19.6 Å². The number of ether oxygens (including phenoxy) is 3. The molecular weight excluding hydrogens is 294 g/mol. The van der Waals surface area contributed by atoms with E-state index in [1.165, 1.54) is 0 Å². The summed E-state index contributed by atoms with van der Waals surface area (Å²) in [6.07, 6.45) is 0.349. The maximum absolute atomic E-state index is 12.5. The lowest BCUT2D eigenvalue weighted by atomic mass is 10.1. The molecule has 0 aromatic heterocycles. The Morgan fingerprint density at radius 2 is 1.96 bits per heavy atom. The zero-order chi connectivity index (χ0) is 17.1. The van der Waals surface area contributed by atoms with Gasteiger partial charge in [-0.2, -0.15) is 0 Å². The van der Waals surface area contributed by atoms with Crippen LogP contribution >= 0.6 is 0 Å². The van der Waals surface area contributed by atoms with E-state index in [1.54, 1.807) is 4.90 Å². The Labute approximate surface area is 138 Å². The van der Waals surface area contributed by atoms with Gasteiger partial charge in [0.15, 0.2) is 0 Å². The Kier molecular flexibility index (Phi) is 5.19. The van der Waals surface area contributed by atoms with Crippen molar-refractivity contribution in [1.29, 1.82) is 0 Å². The van der Waals surface area contributed by atoms with E-state index >= 15 is 0 Å². The highest BCUT2D eigenvalue weighted by atomic mass is 16.6. The number of rotatable bonds is 4. The second-order valence-electron chi connectivity index (χ2n) is 7.21. The van der Waals surface area contributed by atoms with Crippen LogP contribution in [0.25, 0.3) is 0 Å². The van der Waals surface area contributed by atoms with Crippen LogP contribution in [0.1, 0.15) is 41.0 Å². The highest BCUT2D eigenvalue weighted by Gasteiger charge is 2.45. The first kappa shape index (κ1) is 17.6. The van der Waals surface area contributed by atoms with Gasteiger partial charge in [-0.25, -0.2) is 4.79 Å². The first-order chi connectivity index (χ1) is 10.7. The van der Waals surface area contributed by atoms with Crippen molar-refractivity contribution in [3.63, 3.8) is 0 Å². The molecule has 1 unspecified atom stereocenters. The third-order valence-electron chi connectivity index (χ3n) is 3.63. The molecule has 0 aliphatic carbocycles. The van der Waals surface area contributed by atoms with E-state index < -0.39 is 11.3 Å². The molecule has 5 heteroatoms. The summed E-state index contributed by atoms with van der Waals surface area (Å²) >= 11 is 0. The molecule has 128 valence electrons. The van der Waals surface area contributed by atoms with Gasteiger partial charge in [0.1, 0.15) is 17.1 Å². The summed E-state index contributed by atoms with van der Waals surface area (Å²) in [6, 6.07) is 9.60. The largest absolute Gasteiger partial charge is 0.494 e. The molecule has 1 aromatic rings. The quantitative estimate of drug-likeness (QED) is 0.845. The molecule has 1 aliphatic rings. The fourth-order valence-corrected chi connectivity index (χ4v) is 2.61. The number of carbonyl (C=O) groups is 1. The van der Waals surface area contributed by atoms with E-state index in [0.717, 1.165) is 5.75 Å². The molecule has 0 saturated carbocycles. The van der Waals surface area contributed by atoms with Crippen LogP contribution in [0.5, 0.6) is 5.75 Å². The standard InChI is InChI=1S/C18H27NO4/c1-17(2,3)23-16(20)19-14(13-22-18(19,4)5)11-12-21-15-9-7-6-8-10-15/h6-10,14H,11-13H2,1-5H3. The van der Waals surface area contributed by atoms with Crippen molar-refractivity contribution in [2.45, 2.75) is 58.4 Å². The van der Waals surface area contributed by atoms with Gasteiger partial charge in [0, 0.05) is 6.42 Å². The van der Waals surface area contributed by atoms with Crippen LogP contribution in [-0.2, 0) is 9.47 Å². The average molecular weight is 321 g/mol. The molecule has 1 fully saturated rings. The summed E-state index contributed by atoms with van der Waals surface area (Å²) in [6.45, 7) is 10.4. The van der Waals surface area contributed by atoms with Gasteiger partial charge in [-0.05, 0) is 46.8 Å². The first-order valence-electron chi connectivity index (χ1n) is 8.03. The van der Waals surface area contributed by atoms with Crippen LogP contribution < -0.4 is 4.74 Å². The van der Waals surface area contributed by atoms with E-state index in [-0.39, 0.29) is 12.1 Å². The maximum Gasteiger partial charge on any atom is 0.412 e. The van der Waals surface area contributed by atoms with Crippen LogP contribution in [0.2, 0.25) is 0 Å². The molecule has 1 atom stereocenters. The molecule has 5 nitrogen and oxygen atoms in total. The minimum atomic E-state index is -0.667. The Hall–Kier alpha value is -1.75. The zero-order valence-electron chi connectivity index (χ0n) is 14.7. The Morgan fingerprint density at radius 3 is 2.57 bits per heavy atom. The van der Waals surface area contributed by atoms with E-state index in [9.17, 15) is 4.79 Å². The molecule has 0 radical (unpaired) electrons. The van der Waals surface area contributed by atoms with Gasteiger partial charge in [-0.15, -0.1) is 0 Å². The first-order valence-corrected chi connectivity index (χ1v) is 8.03. The molecule has 1 aliphatic heterocycles. The smallest absolute Gasteiger partial charge is 0.412 e. The summed E-state index contributed by atoms with van der Waals surface area (Å²) in [5.41, 5.74) is -1.19. The second-order valence-corrected chi connectivity index (χ2v) is 7.21.